The van der Waals surface area contributed by atoms with Crippen LogP contribution in [0, 0.1) is 11.2 Å². The minimum absolute atomic E-state index is 0.0213. The number of rotatable bonds is 9. The van der Waals surface area contributed by atoms with Crippen molar-refractivity contribution in [2.75, 3.05) is 31.8 Å². The molecule has 2 bridgehead atoms. The predicted molar refractivity (Wildman–Crippen MR) is 134 cm³/mol. The zero-order chi connectivity index (χ0) is 26.4. The van der Waals surface area contributed by atoms with Crippen LogP contribution in [0.15, 0.2) is 36.4 Å². The number of carbonyl (C=O) groups is 3. The fraction of sp³-hybridized carbons (Fsp3) is 0.423. The minimum atomic E-state index is -0.804. The quantitative estimate of drug-likeness (QED) is 0.508. The van der Waals surface area contributed by atoms with Gasteiger partial charge in [0.1, 0.15) is 23.9 Å². The summed E-state index contributed by atoms with van der Waals surface area (Å²) in [5.41, 5.74) is -0.0204. The van der Waals surface area contributed by atoms with Gasteiger partial charge >= 0.3 is 0 Å². The molecule has 8 nitrogen and oxygen atoms in total. The molecule has 11 heteroatoms. The molecule has 0 spiro atoms. The summed E-state index contributed by atoms with van der Waals surface area (Å²) < 4.78 is 29.8. The van der Waals surface area contributed by atoms with Gasteiger partial charge in [0.2, 0.25) is 0 Å². The summed E-state index contributed by atoms with van der Waals surface area (Å²) in [5.74, 6) is -0.683. The number of ketones is 1. The molecular weight excluding hydrogens is 526 g/mol. The van der Waals surface area contributed by atoms with E-state index in [0.29, 0.717) is 42.1 Å². The molecule has 2 amide bonds. The molecule has 0 aromatic heterocycles. The highest BCUT2D eigenvalue weighted by atomic mass is 35.5. The monoisotopic (exact) mass is 550 g/mol. The lowest BCUT2D eigenvalue weighted by Crippen LogP contribution is -2.75. The number of carbonyl (C=O) groups excluding carboxylic acids is 3. The molecule has 3 fully saturated rings. The van der Waals surface area contributed by atoms with E-state index in [1.54, 1.807) is 18.2 Å². The summed E-state index contributed by atoms with van der Waals surface area (Å²) in [5, 5.41) is 3.41. The number of nitrogens with zero attached hydrogens (tertiary/aromatic N) is 1. The van der Waals surface area contributed by atoms with E-state index >= 15 is 0 Å². The maximum atomic E-state index is 13.5. The summed E-state index contributed by atoms with van der Waals surface area (Å²) in [6, 6.07) is 8.91. The van der Waals surface area contributed by atoms with Crippen LogP contribution in [0.1, 0.15) is 25.7 Å². The van der Waals surface area contributed by atoms with E-state index in [2.05, 4.69) is 5.32 Å². The van der Waals surface area contributed by atoms with Gasteiger partial charge in [-0.1, -0.05) is 23.2 Å². The Hall–Kier alpha value is -2.88. The van der Waals surface area contributed by atoms with E-state index < -0.39 is 11.9 Å². The van der Waals surface area contributed by atoms with Gasteiger partial charge in [0.05, 0.1) is 17.3 Å². The van der Waals surface area contributed by atoms with Gasteiger partial charge < -0.3 is 24.4 Å². The van der Waals surface area contributed by atoms with Crippen molar-refractivity contribution in [3.8, 4) is 11.5 Å². The smallest absolute Gasteiger partial charge is 0.258 e. The first-order chi connectivity index (χ1) is 17.6. The van der Waals surface area contributed by atoms with Crippen molar-refractivity contribution in [1.29, 1.82) is 0 Å². The van der Waals surface area contributed by atoms with E-state index in [4.69, 9.17) is 37.4 Å². The van der Waals surface area contributed by atoms with E-state index in [0.717, 1.165) is 6.07 Å². The normalized spacial score (nSPS) is 25.2. The van der Waals surface area contributed by atoms with E-state index in [9.17, 15) is 18.8 Å². The number of ether oxygens (including phenoxy) is 3. The number of anilines is 1. The number of fused-ring (bicyclic) bond motifs is 1. The van der Waals surface area contributed by atoms with Crippen LogP contribution in [-0.2, 0) is 19.1 Å². The van der Waals surface area contributed by atoms with Gasteiger partial charge in [-0.2, -0.15) is 0 Å². The van der Waals surface area contributed by atoms with Crippen LogP contribution in [0.3, 0.4) is 0 Å². The molecule has 3 saturated carbocycles. The van der Waals surface area contributed by atoms with Crippen LogP contribution in [0.2, 0.25) is 10.0 Å². The summed E-state index contributed by atoms with van der Waals surface area (Å²) in [6.45, 7) is -0.302. The topological polar surface area (TPSA) is 94.2 Å². The van der Waals surface area contributed by atoms with Gasteiger partial charge in [-0.25, -0.2) is 4.39 Å². The van der Waals surface area contributed by atoms with Crippen LogP contribution in [0.4, 0.5) is 10.1 Å². The molecule has 0 radical (unpaired) electrons. The summed E-state index contributed by atoms with van der Waals surface area (Å²) in [7, 11) is 1.43. The van der Waals surface area contributed by atoms with Gasteiger partial charge in [-0.05, 0) is 55.0 Å². The highest BCUT2D eigenvalue weighted by Gasteiger charge is 2.68. The van der Waals surface area contributed by atoms with Crippen LogP contribution in [0.5, 0.6) is 11.5 Å². The van der Waals surface area contributed by atoms with Crippen molar-refractivity contribution < 1.29 is 33.0 Å². The Balaban J connectivity index is 1.14. The van der Waals surface area contributed by atoms with Gasteiger partial charge in [0.25, 0.3) is 11.8 Å². The second kappa shape index (κ2) is 9.78. The van der Waals surface area contributed by atoms with Gasteiger partial charge in [-0.15, -0.1) is 0 Å². The Morgan fingerprint density at radius 3 is 2.59 bits per heavy atom. The van der Waals surface area contributed by atoms with Crippen molar-refractivity contribution in [2.45, 2.75) is 37.3 Å². The maximum Gasteiger partial charge on any atom is 0.258 e. The first kappa shape index (κ1) is 25.8. The number of halogens is 3. The largest absolute Gasteiger partial charge is 0.484 e. The molecule has 0 saturated heterocycles. The highest BCUT2D eigenvalue weighted by Crippen LogP contribution is 2.69. The minimum Gasteiger partial charge on any atom is -0.484 e. The fourth-order valence-electron chi connectivity index (χ4n) is 5.71. The number of benzene rings is 2. The maximum absolute atomic E-state index is 13.5. The molecule has 37 heavy (non-hydrogen) atoms. The number of hydrogen-bond acceptors (Lipinski definition) is 6. The van der Waals surface area contributed by atoms with Crippen molar-refractivity contribution in [1.82, 2.24) is 5.32 Å². The van der Waals surface area contributed by atoms with E-state index in [-0.39, 0.29) is 59.1 Å². The lowest BCUT2D eigenvalue weighted by Gasteiger charge is -2.70. The molecule has 1 atom stereocenters. The van der Waals surface area contributed by atoms with Crippen molar-refractivity contribution >= 4 is 46.5 Å². The average molecular weight is 551 g/mol. The third kappa shape index (κ3) is 5.12. The zero-order valence-electron chi connectivity index (χ0n) is 20.0. The molecule has 1 heterocycles. The Morgan fingerprint density at radius 1 is 1.14 bits per heavy atom. The van der Waals surface area contributed by atoms with Crippen LogP contribution >= 0.6 is 23.2 Å². The number of methoxy groups -OCH3 is 1. The molecule has 1 N–H and O–H groups in total. The second-order valence-corrected chi connectivity index (χ2v) is 10.9. The first-order valence-corrected chi connectivity index (χ1v) is 12.5. The molecule has 6 rings (SSSR count). The summed E-state index contributed by atoms with van der Waals surface area (Å²) in [4.78, 5) is 39.7. The molecule has 196 valence electrons. The van der Waals surface area contributed by atoms with E-state index in [1.165, 1.54) is 24.1 Å². The Morgan fingerprint density at radius 2 is 1.89 bits per heavy atom. The molecule has 2 aromatic rings. The number of amides is 2. The van der Waals surface area contributed by atoms with Crippen molar-refractivity contribution in [2.24, 2.45) is 5.41 Å². The predicted octanol–water partition coefficient (Wildman–Crippen LogP) is 3.95. The lowest BCUT2D eigenvalue weighted by molar-refractivity contribution is -0.175. The number of hydrogen-bond donors (Lipinski definition) is 1. The molecular formula is C26H25Cl2FN2O6. The van der Waals surface area contributed by atoms with Crippen LogP contribution in [-0.4, -0.2) is 56.1 Å². The molecule has 1 aliphatic heterocycles. The SMILES string of the molecule is COCC(=O)N1CC(C(=O)CC23CC(NC(=O)COc4ccc(Cl)c(F)c4)(C2)C3)Oc2ccc(Cl)cc21. The Labute approximate surface area is 222 Å². The highest BCUT2D eigenvalue weighted by molar-refractivity contribution is 6.31. The third-order valence-electron chi connectivity index (χ3n) is 7.11. The van der Waals surface area contributed by atoms with Crippen LogP contribution < -0.4 is 19.7 Å². The standard InChI is InChI=1S/C26H25Cl2FN2O6/c1-35-11-24(34)31-9-22(37-21-5-2-15(27)6-19(21)31)20(32)8-25-12-26(13-25,14-25)30-23(33)10-36-16-3-4-17(28)18(29)7-16/h2-7,22H,8-14H2,1H3,(H,30,33). The van der Waals surface area contributed by atoms with Crippen molar-refractivity contribution in [3.63, 3.8) is 0 Å². The van der Waals surface area contributed by atoms with Gasteiger partial charge in [0, 0.05) is 30.2 Å². The molecule has 4 aliphatic rings. The first-order valence-electron chi connectivity index (χ1n) is 11.8. The number of Topliss-reactive ketones (excluding diaryl/α,β-unsaturated/α-hetero) is 1. The summed E-state index contributed by atoms with van der Waals surface area (Å²) in [6.07, 6.45) is 1.53. The molecule has 3 aliphatic carbocycles. The summed E-state index contributed by atoms with van der Waals surface area (Å²) >= 11 is 11.8. The average Bonchev–Trinajstić information content (AvgIpc) is 2.82. The zero-order valence-corrected chi connectivity index (χ0v) is 21.5. The van der Waals surface area contributed by atoms with Crippen LogP contribution in [0.25, 0.3) is 0 Å². The second-order valence-electron chi connectivity index (χ2n) is 10.0. The lowest BCUT2D eigenvalue weighted by atomic mass is 9.38. The number of nitrogens with one attached hydrogen (secondary N) is 1. The van der Waals surface area contributed by atoms with Crippen molar-refractivity contribution in [3.05, 3.63) is 52.3 Å². The Bertz CT molecular complexity index is 1250. The van der Waals surface area contributed by atoms with E-state index in [1.807, 2.05) is 0 Å². The Kier molecular flexibility index (Phi) is 6.81. The van der Waals surface area contributed by atoms with Gasteiger partial charge in [-0.3, -0.25) is 14.4 Å². The fourth-order valence-corrected chi connectivity index (χ4v) is 5.99. The molecule has 2 aromatic carbocycles. The van der Waals surface area contributed by atoms with Gasteiger partial charge in [0.15, 0.2) is 18.5 Å². The third-order valence-corrected chi connectivity index (χ3v) is 7.65. The molecule has 1 unspecified atom stereocenters.